The molecule has 0 aromatic heterocycles. The number of rotatable bonds is 9. The minimum absolute atomic E-state index is 0.0170. The maximum atomic E-state index is 13.4. The van der Waals surface area contributed by atoms with Crippen molar-refractivity contribution < 1.29 is 9.59 Å². The number of amides is 2. The van der Waals surface area contributed by atoms with Gasteiger partial charge in [0.1, 0.15) is 6.04 Å². The molecule has 0 heterocycles. The Bertz CT molecular complexity index is 986. The minimum Gasteiger partial charge on any atom is -0.357 e. The van der Waals surface area contributed by atoms with Gasteiger partial charge in [-0.25, -0.2) is 0 Å². The van der Waals surface area contributed by atoms with Crippen molar-refractivity contribution in [2.75, 3.05) is 7.05 Å². The van der Waals surface area contributed by atoms with E-state index in [0.717, 1.165) is 22.3 Å². The topological polar surface area (TPSA) is 49.4 Å². The number of aryl methyl sites for hydroxylation is 2. The van der Waals surface area contributed by atoms with Gasteiger partial charge in [0.2, 0.25) is 11.8 Å². The van der Waals surface area contributed by atoms with Gasteiger partial charge in [-0.1, -0.05) is 84.9 Å². The van der Waals surface area contributed by atoms with Gasteiger partial charge in [0.05, 0.1) is 0 Å². The summed E-state index contributed by atoms with van der Waals surface area (Å²) in [6.45, 7) is 2.44. The van der Waals surface area contributed by atoms with Crippen LogP contribution in [0, 0.1) is 6.92 Å². The Morgan fingerprint density at radius 3 is 2.03 bits per heavy atom. The number of hydrogen-bond acceptors (Lipinski definition) is 2. The fourth-order valence-corrected chi connectivity index (χ4v) is 3.73. The normalized spacial score (nSPS) is 11.5. The van der Waals surface area contributed by atoms with Gasteiger partial charge >= 0.3 is 0 Å². The number of likely N-dealkylation sites (N-methyl/N-ethyl adjacent to an activating group) is 1. The summed E-state index contributed by atoms with van der Waals surface area (Å²) in [7, 11) is 1.63. The Labute approximate surface area is 184 Å². The van der Waals surface area contributed by atoms with E-state index >= 15 is 0 Å². The number of nitrogens with zero attached hydrogens (tertiary/aromatic N) is 1. The maximum absolute atomic E-state index is 13.4. The van der Waals surface area contributed by atoms with Gasteiger partial charge in [0.15, 0.2) is 0 Å². The SMILES string of the molecule is CNC(=O)[C@@H](Cc1ccccc1)N(Cc1ccccc1C)C(=O)CCc1ccccc1. The smallest absolute Gasteiger partial charge is 0.242 e. The van der Waals surface area contributed by atoms with Crippen molar-refractivity contribution >= 4 is 11.8 Å². The number of nitrogens with one attached hydrogen (secondary N) is 1. The van der Waals surface area contributed by atoms with E-state index < -0.39 is 6.04 Å². The fraction of sp³-hybridized carbons (Fsp3) is 0.259. The second kappa shape index (κ2) is 11.1. The lowest BCUT2D eigenvalue weighted by molar-refractivity contribution is -0.141. The van der Waals surface area contributed by atoms with E-state index in [4.69, 9.17) is 0 Å². The zero-order valence-electron chi connectivity index (χ0n) is 18.3. The molecule has 0 bridgehead atoms. The molecule has 2 amide bonds. The van der Waals surface area contributed by atoms with Gasteiger partial charge in [-0.2, -0.15) is 0 Å². The highest BCUT2D eigenvalue weighted by atomic mass is 16.2. The molecule has 160 valence electrons. The monoisotopic (exact) mass is 414 g/mol. The summed E-state index contributed by atoms with van der Waals surface area (Å²) in [5.41, 5.74) is 4.31. The summed E-state index contributed by atoms with van der Waals surface area (Å²) in [5, 5.41) is 2.76. The summed E-state index contributed by atoms with van der Waals surface area (Å²) in [5.74, 6) is -0.165. The summed E-state index contributed by atoms with van der Waals surface area (Å²) in [6.07, 6.45) is 1.48. The van der Waals surface area contributed by atoms with Crippen molar-refractivity contribution in [1.82, 2.24) is 10.2 Å². The van der Waals surface area contributed by atoms with Crippen LogP contribution in [0.25, 0.3) is 0 Å². The zero-order chi connectivity index (χ0) is 22.1. The molecular formula is C27H30N2O2. The maximum Gasteiger partial charge on any atom is 0.242 e. The van der Waals surface area contributed by atoms with Crippen molar-refractivity contribution in [1.29, 1.82) is 0 Å². The van der Waals surface area contributed by atoms with Crippen LogP contribution >= 0.6 is 0 Å². The van der Waals surface area contributed by atoms with Crippen LogP contribution in [-0.2, 0) is 29.0 Å². The third kappa shape index (κ3) is 6.29. The van der Waals surface area contributed by atoms with Gasteiger partial charge in [0.25, 0.3) is 0 Å². The molecule has 0 aliphatic heterocycles. The molecule has 3 aromatic rings. The largest absolute Gasteiger partial charge is 0.357 e. The van der Waals surface area contributed by atoms with Crippen molar-refractivity contribution in [2.24, 2.45) is 0 Å². The van der Waals surface area contributed by atoms with Gasteiger partial charge in [-0.15, -0.1) is 0 Å². The first-order valence-corrected chi connectivity index (χ1v) is 10.7. The summed E-state index contributed by atoms with van der Waals surface area (Å²) >= 11 is 0. The van der Waals surface area contributed by atoms with Crippen LogP contribution in [0.15, 0.2) is 84.9 Å². The molecule has 1 atom stereocenters. The van der Waals surface area contributed by atoms with Crippen LogP contribution in [0.4, 0.5) is 0 Å². The van der Waals surface area contributed by atoms with Crippen LogP contribution < -0.4 is 5.32 Å². The van der Waals surface area contributed by atoms with E-state index in [-0.39, 0.29) is 11.8 Å². The minimum atomic E-state index is -0.574. The highest BCUT2D eigenvalue weighted by Gasteiger charge is 2.29. The molecule has 0 saturated heterocycles. The summed E-state index contributed by atoms with van der Waals surface area (Å²) < 4.78 is 0. The van der Waals surface area contributed by atoms with Crippen molar-refractivity contribution in [3.63, 3.8) is 0 Å². The highest BCUT2D eigenvalue weighted by Crippen LogP contribution is 2.18. The Morgan fingerprint density at radius 1 is 0.839 bits per heavy atom. The molecule has 4 heteroatoms. The Kier molecular flexibility index (Phi) is 7.99. The van der Waals surface area contributed by atoms with Gasteiger partial charge in [-0.05, 0) is 35.6 Å². The van der Waals surface area contributed by atoms with Crippen molar-refractivity contribution in [3.8, 4) is 0 Å². The van der Waals surface area contributed by atoms with E-state index in [1.165, 1.54) is 0 Å². The fourth-order valence-electron chi connectivity index (χ4n) is 3.73. The predicted molar refractivity (Wildman–Crippen MR) is 124 cm³/mol. The van der Waals surface area contributed by atoms with Gasteiger partial charge in [0, 0.05) is 26.4 Å². The van der Waals surface area contributed by atoms with E-state index in [0.29, 0.717) is 25.8 Å². The first-order chi connectivity index (χ1) is 15.1. The summed E-state index contributed by atoms with van der Waals surface area (Å²) in [6, 6.07) is 27.3. The molecule has 0 spiro atoms. The third-order valence-electron chi connectivity index (χ3n) is 5.59. The van der Waals surface area contributed by atoms with E-state index in [2.05, 4.69) is 5.32 Å². The number of carbonyl (C=O) groups excluding carboxylic acids is 2. The Hall–Kier alpha value is -3.40. The summed E-state index contributed by atoms with van der Waals surface area (Å²) in [4.78, 5) is 28.1. The molecule has 3 rings (SSSR count). The average Bonchev–Trinajstić information content (AvgIpc) is 2.81. The molecular weight excluding hydrogens is 384 g/mol. The van der Waals surface area contributed by atoms with Crippen LogP contribution in [0.2, 0.25) is 0 Å². The average molecular weight is 415 g/mol. The van der Waals surface area contributed by atoms with Gasteiger partial charge in [-0.3, -0.25) is 9.59 Å². The molecule has 0 aliphatic rings. The van der Waals surface area contributed by atoms with Gasteiger partial charge < -0.3 is 10.2 Å². The molecule has 0 radical (unpaired) electrons. The quantitative estimate of drug-likeness (QED) is 0.567. The first kappa shape index (κ1) is 22.3. The van der Waals surface area contributed by atoms with E-state index in [1.807, 2.05) is 91.9 Å². The standard InChI is InChI=1S/C27H30N2O2/c1-21-11-9-10-16-24(21)20-29(26(30)18-17-22-12-5-3-6-13-22)25(27(31)28-2)19-23-14-7-4-8-15-23/h3-16,25H,17-20H2,1-2H3,(H,28,31)/t25-/m1/s1. The van der Waals surface area contributed by atoms with Crippen LogP contribution in [0.3, 0.4) is 0 Å². The first-order valence-electron chi connectivity index (χ1n) is 10.7. The molecule has 0 saturated carbocycles. The van der Waals surface area contributed by atoms with Crippen molar-refractivity contribution in [2.45, 2.75) is 38.8 Å². The second-order valence-corrected chi connectivity index (χ2v) is 7.75. The third-order valence-corrected chi connectivity index (χ3v) is 5.59. The van der Waals surface area contributed by atoms with Crippen LogP contribution in [0.1, 0.15) is 28.7 Å². The number of hydrogen-bond donors (Lipinski definition) is 1. The zero-order valence-corrected chi connectivity index (χ0v) is 18.3. The molecule has 0 aliphatic carbocycles. The van der Waals surface area contributed by atoms with Crippen molar-refractivity contribution in [3.05, 3.63) is 107 Å². The molecule has 31 heavy (non-hydrogen) atoms. The Balaban J connectivity index is 1.88. The number of carbonyl (C=O) groups is 2. The number of benzene rings is 3. The molecule has 1 N–H and O–H groups in total. The molecule has 3 aromatic carbocycles. The molecule has 0 fully saturated rings. The lowest BCUT2D eigenvalue weighted by Crippen LogP contribution is -2.49. The van der Waals surface area contributed by atoms with Crippen LogP contribution in [-0.4, -0.2) is 29.8 Å². The van der Waals surface area contributed by atoms with E-state index in [9.17, 15) is 9.59 Å². The lowest BCUT2D eigenvalue weighted by atomic mass is 10.0. The molecule has 4 nitrogen and oxygen atoms in total. The highest BCUT2D eigenvalue weighted by molar-refractivity contribution is 5.88. The lowest BCUT2D eigenvalue weighted by Gasteiger charge is -2.31. The molecule has 0 unspecified atom stereocenters. The van der Waals surface area contributed by atoms with E-state index in [1.54, 1.807) is 11.9 Å². The predicted octanol–water partition coefficient (Wildman–Crippen LogP) is 4.31. The second-order valence-electron chi connectivity index (χ2n) is 7.75. The van der Waals surface area contributed by atoms with Crippen LogP contribution in [0.5, 0.6) is 0 Å². The Morgan fingerprint density at radius 2 is 1.42 bits per heavy atom.